The summed E-state index contributed by atoms with van der Waals surface area (Å²) in [6.45, 7) is 0. The smallest absolute Gasteiger partial charge is 0.283 e. The van der Waals surface area contributed by atoms with E-state index in [4.69, 9.17) is 20.9 Å². The van der Waals surface area contributed by atoms with Crippen LogP contribution in [0, 0.1) is 23.5 Å². The second-order valence-electron chi connectivity index (χ2n) is 16.3. The van der Waals surface area contributed by atoms with Gasteiger partial charge in [0.05, 0.1) is 0 Å². The van der Waals surface area contributed by atoms with Gasteiger partial charge in [0.25, 0.3) is 24.9 Å². The number of alkyl halides is 4. The number of aryl methyl sites for hydroxylation is 2. The van der Waals surface area contributed by atoms with Crippen molar-refractivity contribution in [2.75, 3.05) is 0 Å². The summed E-state index contributed by atoms with van der Waals surface area (Å²) >= 11 is 7.00. The predicted octanol–water partition coefficient (Wildman–Crippen LogP) is 10.1. The molecule has 2 saturated carbocycles. The van der Waals surface area contributed by atoms with Gasteiger partial charge >= 0.3 is 0 Å². The molecule has 4 aliphatic carbocycles. The van der Waals surface area contributed by atoms with E-state index in [1.165, 1.54) is 34.4 Å². The quantitative estimate of drug-likeness (QED) is 0.172. The van der Waals surface area contributed by atoms with Crippen LogP contribution in [0.5, 0.6) is 0 Å². The number of ether oxygens (including phenoxy) is 2. The van der Waals surface area contributed by atoms with Crippen molar-refractivity contribution in [1.82, 2.24) is 0 Å². The van der Waals surface area contributed by atoms with Gasteiger partial charge in [0.15, 0.2) is 11.1 Å². The van der Waals surface area contributed by atoms with E-state index in [0.29, 0.717) is 25.7 Å². The SMILES string of the molecule is NC1=N[C@@](c2cc(C[C@@H]3CCc4cc(Br)ccc43)ccc2F)(C(F)F)[C@H]2C[C@H]2O1.NC1=N[C@@](c2cc(C[C@H]3CCc4cc(Br)ccc43)ccc2F)(C(F)F)[C@H]2C[C@H]2O1. The molecule has 10 rings (SSSR count). The van der Waals surface area contributed by atoms with E-state index in [1.807, 2.05) is 12.1 Å². The number of rotatable bonds is 8. The van der Waals surface area contributed by atoms with E-state index < -0.39 is 59.6 Å². The Balaban J connectivity index is 0.000000150. The minimum atomic E-state index is -2.87. The molecule has 6 nitrogen and oxygen atoms in total. The van der Waals surface area contributed by atoms with Crippen LogP contribution in [0.2, 0.25) is 0 Å². The zero-order valence-electron chi connectivity index (χ0n) is 31.1. The molecular weight excluding hydrogens is 890 g/mol. The van der Waals surface area contributed by atoms with E-state index >= 15 is 0 Å². The van der Waals surface area contributed by atoms with Gasteiger partial charge in [0.2, 0.25) is 0 Å². The lowest BCUT2D eigenvalue weighted by Gasteiger charge is -2.33. The van der Waals surface area contributed by atoms with Gasteiger partial charge in [-0.15, -0.1) is 0 Å². The first-order valence-electron chi connectivity index (χ1n) is 19.5. The van der Waals surface area contributed by atoms with Gasteiger partial charge in [0, 0.05) is 31.9 Å². The van der Waals surface area contributed by atoms with Crippen LogP contribution in [-0.2, 0) is 46.2 Å². The van der Waals surface area contributed by atoms with Gasteiger partial charge in [-0.2, -0.15) is 0 Å². The Morgan fingerprint density at radius 1 is 0.621 bits per heavy atom. The molecule has 0 spiro atoms. The Morgan fingerprint density at radius 3 is 1.43 bits per heavy atom. The van der Waals surface area contributed by atoms with Crippen molar-refractivity contribution in [2.24, 2.45) is 33.3 Å². The van der Waals surface area contributed by atoms with E-state index in [0.717, 1.165) is 45.8 Å². The number of nitrogens with two attached hydrogens (primary N) is 2. The maximum Gasteiger partial charge on any atom is 0.283 e. The predicted molar refractivity (Wildman–Crippen MR) is 215 cm³/mol. The Kier molecular flexibility index (Phi) is 10.1. The lowest BCUT2D eigenvalue weighted by molar-refractivity contribution is 0.0175. The summed E-state index contributed by atoms with van der Waals surface area (Å²) in [5, 5.41) is 0. The van der Waals surface area contributed by atoms with Crippen molar-refractivity contribution in [3.63, 3.8) is 0 Å². The fourth-order valence-electron chi connectivity index (χ4n) is 9.95. The average molecular weight is 931 g/mol. The van der Waals surface area contributed by atoms with Crippen LogP contribution in [-0.4, -0.2) is 37.1 Å². The molecule has 0 bridgehead atoms. The number of aliphatic imine (C=N–C) groups is 2. The van der Waals surface area contributed by atoms with Gasteiger partial charge < -0.3 is 20.9 Å². The molecule has 4 aromatic rings. The molecule has 58 heavy (non-hydrogen) atoms. The molecule has 0 unspecified atom stereocenters. The highest BCUT2D eigenvalue weighted by molar-refractivity contribution is 9.10. The van der Waals surface area contributed by atoms with Crippen LogP contribution in [0.15, 0.2) is 91.7 Å². The molecule has 2 fully saturated rings. The molecule has 304 valence electrons. The Morgan fingerprint density at radius 2 is 1.03 bits per heavy atom. The van der Waals surface area contributed by atoms with Crippen molar-refractivity contribution in [3.05, 3.63) is 138 Å². The number of hydrogen-bond acceptors (Lipinski definition) is 6. The Hall–Kier alpha value is -4.04. The van der Waals surface area contributed by atoms with Crippen molar-refractivity contribution in [3.8, 4) is 0 Å². The van der Waals surface area contributed by atoms with Gasteiger partial charge in [-0.3, -0.25) is 0 Å². The molecule has 2 heterocycles. The highest BCUT2D eigenvalue weighted by Gasteiger charge is 2.65. The second-order valence-corrected chi connectivity index (χ2v) is 18.2. The lowest BCUT2D eigenvalue weighted by Crippen LogP contribution is -2.43. The van der Waals surface area contributed by atoms with Crippen LogP contribution in [0.3, 0.4) is 0 Å². The minimum absolute atomic E-state index is 0.0715. The molecule has 6 aliphatic rings. The van der Waals surface area contributed by atoms with Crippen molar-refractivity contribution >= 4 is 43.9 Å². The molecule has 2 aliphatic heterocycles. The molecular formula is C44H40Br2F6N4O2. The fourth-order valence-corrected chi connectivity index (χ4v) is 10.8. The van der Waals surface area contributed by atoms with Gasteiger partial charge in [-0.25, -0.2) is 36.3 Å². The summed E-state index contributed by atoms with van der Waals surface area (Å²) in [7, 11) is 0. The summed E-state index contributed by atoms with van der Waals surface area (Å²) in [5.41, 5.74) is 14.1. The highest BCUT2D eigenvalue weighted by Crippen LogP contribution is 2.57. The van der Waals surface area contributed by atoms with Gasteiger partial charge in [-0.1, -0.05) is 68.3 Å². The third-order valence-electron chi connectivity index (χ3n) is 12.9. The number of nitrogens with zero attached hydrogens (tertiary/aromatic N) is 2. The first kappa shape index (κ1) is 39.4. The molecule has 0 radical (unpaired) electrons. The molecule has 4 aromatic carbocycles. The van der Waals surface area contributed by atoms with Crippen LogP contribution in [0.1, 0.15) is 82.0 Å². The number of hydrogen-bond donors (Lipinski definition) is 2. The Labute approximate surface area is 348 Å². The van der Waals surface area contributed by atoms with E-state index in [9.17, 15) is 26.3 Å². The zero-order chi connectivity index (χ0) is 40.7. The number of amidine groups is 2. The first-order chi connectivity index (χ1) is 27.8. The molecule has 14 heteroatoms. The van der Waals surface area contributed by atoms with E-state index in [2.05, 4.69) is 66.1 Å². The van der Waals surface area contributed by atoms with Gasteiger partial charge in [0.1, 0.15) is 23.8 Å². The second kappa shape index (κ2) is 14.9. The number of fused-ring (bicyclic) bond motifs is 4. The third kappa shape index (κ3) is 6.89. The van der Waals surface area contributed by atoms with Crippen LogP contribution < -0.4 is 11.5 Å². The molecule has 8 atom stereocenters. The van der Waals surface area contributed by atoms with Crippen LogP contribution >= 0.6 is 31.9 Å². The van der Waals surface area contributed by atoms with Crippen LogP contribution in [0.4, 0.5) is 26.3 Å². The normalized spacial score (nSPS) is 29.8. The maximum atomic E-state index is 14.8. The molecule has 4 N–H and O–H groups in total. The van der Waals surface area contributed by atoms with Crippen LogP contribution in [0.25, 0.3) is 0 Å². The van der Waals surface area contributed by atoms with E-state index in [-0.39, 0.29) is 35.0 Å². The summed E-state index contributed by atoms with van der Waals surface area (Å²) in [5.74, 6) is -1.87. The molecule has 0 aromatic heterocycles. The zero-order valence-corrected chi connectivity index (χ0v) is 34.3. The van der Waals surface area contributed by atoms with E-state index in [1.54, 1.807) is 24.3 Å². The largest absolute Gasteiger partial charge is 0.462 e. The monoisotopic (exact) mass is 928 g/mol. The highest BCUT2D eigenvalue weighted by atomic mass is 79.9. The van der Waals surface area contributed by atoms with Crippen molar-refractivity contribution in [2.45, 2.75) is 99.3 Å². The Bertz CT molecular complexity index is 2180. The first-order valence-corrected chi connectivity index (χ1v) is 21.1. The summed E-state index contributed by atoms with van der Waals surface area (Å²) < 4.78 is 99.3. The summed E-state index contributed by atoms with van der Waals surface area (Å²) in [6, 6.07) is 21.0. The van der Waals surface area contributed by atoms with Gasteiger partial charge in [-0.05, 0) is 133 Å². The standard InChI is InChI=1S/2C22H20BrF3N2O/c2*23-14-4-5-15-12(2-3-13(15)9-14)7-11-1-6-18(24)16(8-11)22(20(25)26)17-10-19(17)29-21(27)28-22/h2*1,4-6,8-9,12,17,19-20H,2-3,7,10H2,(H2,27,28)/t12-,17+,19-,22-;12-,17-,19+,22+/m10/s1. The lowest BCUT2D eigenvalue weighted by atomic mass is 9.82. The molecule has 0 saturated heterocycles. The van der Waals surface area contributed by atoms with Crippen molar-refractivity contribution in [1.29, 1.82) is 0 Å². The number of halogens is 8. The molecule has 0 amide bonds. The minimum Gasteiger partial charge on any atom is -0.462 e. The topological polar surface area (TPSA) is 95.2 Å². The maximum absolute atomic E-state index is 14.8. The fraction of sp³-hybridized carbons (Fsp3) is 0.409. The number of benzene rings is 4. The van der Waals surface area contributed by atoms with Crippen molar-refractivity contribution < 1.29 is 35.8 Å². The summed E-state index contributed by atoms with van der Waals surface area (Å²) in [4.78, 5) is 7.93. The summed E-state index contributed by atoms with van der Waals surface area (Å²) in [6.07, 6.45) is -0.461. The average Bonchev–Trinajstić information content (AvgIpc) is 4.07. The third-order valence-corrected chi connectivity index (χ3v) is 13.9.